The highest BCUT2D eigenvalue weighted by atomic mass is 16.5. The summed E-state index contributed by atoms with van der Waals surface area (Å²) in [6, 6.07) is 9.29. The predicted octanol–water partition coefficient (Wildman–Crippen LogP) is 3.08. The molecule has 2 atom stereocenters. The van der Waals surface area contributed by atoms with E-state index < -0.39 is 0 Å². The van der Waals surface area contributed by atoms with Gasteiger partial charge in [-0.2, -0.15) is 0 Å². The van der Waals surface area contributed by atoms with Gasteiger partial charge in [-0.1, -0.05) is 19.1 Å². The molecule has 0 aliphatic heterocycles. The Bertz CT molecular complexity index is 348. The van der Waals surface area contributed by atoms with E-state index in [2.05, 4.69) is 69.3 Å². The fraction of sp³-hybridized carbons (Fsp3) is 0.625. The Morgan fingerprint density at radius 2 is 1.79 bits per heavy atom. The summed E-state index contributed by atoms with van der Waals surface area (Å²) in [6.07, 6.45) is 1.04. The average molecular weight is 264 g/mol. The van der Waals surface area contributed by atoms with E-state index in [1.807, 2.05) is 0 Å². The van der Waals surface area contributed by atoms with E-state index in [4.69, 9.17) is 4.74 Å². The highest BCUT2D eigenvalue weighted by molar-refractivity contribution is 5.28. The number of nitrogens with zero attached hydrogens (tertiary/aromatic N) is 1. The van der Waals surface area contributed by atoms with Crippen molar-refractivity contribution in [3.05, 3.63) is 29.8 Å². The molecule has 0 saturated heterocycles. The van der Waals surface area contributed by atoms with Crippen LogP contribution in [0.1, 0.15) is 38.8 Å². The second-order valence-electron chi connectivity index (χ2n) is 5.36. The van der Waals surface area contributed by atoms with Crippen molar-refractivity contribution < 1.29 is 4.74 Å². The van der Waals surface area contributed by atoms with Crippen LogP contribution >= 0.6 is 0 Å². The van der Waals surface area contributed by atoms with E-state index in [0.717, 1.165) is 25.3 Å². The normalized spacial score (nSPS) is 14.4. The van der Waals surface area contributed by atoms with Crippen LogP contribution in [0.4, 0.5) is 0 Å². The lowest BCUT2D eigenvalue weighted by molar-refractivity contribution is 0.295. The van der Waals surface area contributed by atoms with Crippen LogP contribution in [0, 0.1) is 0 Å². The van der Waals surface area contributed by atoms with Crippen molar-refractivity contribution in [2.75, 3.05) is 27.2 Å². The third-order valence-corrected chi connectivity index (χ3v) is 3.45. The molecule has 0 aromatic heterocycles. The Kier molecular flexibility index (Phi) is 6.89. The lowest BCUT2D eigenvalue weighted by atomic mass is 10.1. The number of hydrogen-bond acceptors (Lipinski definition) is 3. The zero-order chi connectivity index (χ0) is 14.3. The molecule has 0 bridgehead atoms. The van der Waals surface area contributed by atoms with E-state index >= 15 is 0 Å². The molecule has 0 spiro atoms. The molecule has 1 aromatic carbocycles. The Morgan fingerprint density at radius 3 is 2.32 bits per heavy atom. The molecule has 0 amide bonds. The number of rotatable bonds is 8. The van der Waals surface area contributed by atoms with E-state index in [1.54, 1.807) is 0 Å². The zero-order valence-corrected chi connectivity index (χ0v) is 12.9. The summed E-state index contributed by atoms with van der Waals surface area (Å²) in [7, 11) is 4.22. The number of ether oxygens (including phenoxy) is 1. The lowest BCUT2D eigenvalue weighted by Gasteiger charge is -2.23. The van der Waals surface area contributed by atoms with E-state index in [1.165, 1.54) is 5.56 Å². The molecule has 19 heavy (non-hydrogen) atoms. The largest absolute Gasteiger partial charge is 0.494 e. The van der Waals surface area contributed by atoms with Crippen molar-refractivity contribution in [1.82, 2.24) is 10.2 Å². The Hall–Kier alpha value is -1.06. The SMILES string of the molecule is CCCOc1ccc(C(C)NCC(C)N(C)C)cc1. The van der Waals surface area contributed by atoms with Crippen molar-refractivity contribution in [2.45, 2.75) is 39.3 Å². The Morgan fingerprint density at radius 1 is 1.16 bits per heavy atom. The first-order chi connectivity index (χ1) is 9.04. The summed E-state index contributed by atoms with van der Waals surface area (Å²) in [5.41, 5.74) is 1.30. The van der Waals surface area contributed by atoms with Crippen LogP contribution in [0.25, 0.3) is 0 Å². The molecule has 1 N–H and O–H groups in total. The maximum atomic E-state index is 5.59. The van der Waals surface area contributed by atoms with E-state index in [9.17, 15) is 0 Å². The fourth-order valence-corrected chi connectivity index (χ4v) is 1.72. The van der Waals surface area contributed by atoms with Gasteiger partial charge < -0.3 is 15.0 Å². The van der Waals surface area contributed by atoms with Gasteiger partial charge in [0.2, 0.25) is 0 Å². The minimum atomic E-state index is 0.364. The smallest absolute Gasteiger partial charge is 0.119 e. The van der Waals surface area contributed by atoms with Crippen LogP contribution in [0.3, 0.4) is 0 Å². The van der Waals surface area contributed by atoms with Crippen molar-refractivity contribution in [1.29, 1.82) is 0 Å². The van der Waals surface area contributed by atoms with Crippen LogP contribution in [0.5, 0.6) is 5.75 Å². The summed E-state index contributed by atoms with van der Waals surface area (Å²) in [5, 5.41) is 3.56. The van der Waals surface area contributed by atoms with Gasteiger partial charge >= 0.3 is 0 Å². The molecule has 0 aliphatic rings. The minimum absolute atomic E-state index is 0.364. The van der Waals surface area contributed by atoms with Crippen LogP contribution < -0.4 is 10.1 Å². The quantitative estimate of drug-likeness (QED) is 0.781. The first-order valence-corrected chi connectivity index (χ1v) is 7.17. The topological polar surface area (TPSA) is 24.5 Å². The summed E-state index contributed by atoms with van der Waals surface area (Å²) in [4.78, 5) is 2.22. The molecule has 0 fully saturated rings. The van der Waals surface area contributed by atoms with Gasteiger partial charge in [0.05, 0.1) is 6.61 Å². The van der Waals surface area contributed by atoms with Gasteiger partial charge in [0, 0.05) is 18.6 Å². The Balaban J connectivity index is 2.46. The standard InChI is InChI=1S/C16H28N2O/c1-6-11-19-16-9-7-15(8-10-16)14(3)17-12-13(2)18(4)5/h7-10,13-14,17H,6,11-12H2,1-5H3. The molecule has 3 heteroatoms. The third-order valence-electron chi connectivity index (χ3n) is 3.45. The molecule has 0 heterocycles. The molecular weight excluding hydrogens is 236 g/mol. The Labute approximate surface area is 118 Å². The fourth-order valence-electron chi connectivity index (χ4n) is 1.72. The molecule has 1 aromatic rings. The number of hydrogen-bond donors (Lipinski definition) is 1. The average Bonchev–Trinajstić information content (AvgIpc) is 2.42. The maximum Gasteiger partial charge on any atom is 0.119 e. The number of benzene rings is 1. The van der Waals surface area contributed by atoms with Crippen molar-refractivity contribution >= 4 is 0 Å². The van der Waals surface area contributed by atoms with Crippen molar-refractivity contribution in [3.63, 3.8) is 0 Å². The highest BCUT2D eigenvalue weighted by Crippen LogP contribution is 2.17. The van der Waals surface area contributed by atoms with Crippen LogP contribution in [0.15, 0.2) is 24.3 Å². The number of nitrogens with one attached hydrogen (secondary N) is 1. The molecule has 0 saturated carbocycles. The molecule has 2 unspecified atom stereocenters. The number of likely N-dealkylation sites (N-methyl/N-ethyl adjacent to an activating group) is 1. The minimum Gasteiger partial charge on any atom is -0.494 e. The van der Waals surface area contributed by atoms with Gasteiger partial charge in [-0.05, 0) is 52.1 Å². The van der Waals surface area contributed by atoms with Crippen molar-refractivity contribution in [3.8, 4) is 5.75 Å². The molecule has 3 nitrogen and oxygen atoms in total. The van der Waals surface area contributed by atoms with Crippen molar-refractivity contribution in [2.24, 2.45) is 0 Å². The predicted molar refractivity (Wildman–Crippen MR) is 81.8 cm³/mol. The van der Waals surface area contributed by atoms with Gasteiger partial charge in [0.25, 0.3) is 0 Å². The summed E-state index contributed by atoms with van der Waals surface area (Å²) in [6.45, 7) is 8.31. The third kappa shape index (κ3) is 5.62. The molecule has 1 rings (SSSR count). The second-order valence-corrected chi connectivity index (χ2v) is 5.36. The highest BCUT2D eigenvalue weighted by Gasteiger charge is 2.08. The molecular formula is C16H28N2O. The van der Waals surface area contributed by atoms with Crippen LogP contribution in [0.2, 0.25) is 0 Å². The lowest BCUT2D eigenvalue weighted by Crippen LogP contribution is -2.36. The second kappa shape index (κ2) is 8.18. The molecule has 0 radical (unpaired) electrons. The van der Waals surface area contributed by atoms with Gasteiger partial charge in [-0.3, -0.25) is 0 Å². The first kappa shape index (κ1) is 16.0. The zero-order valence-electron chi connectivity index (χ0n) is 12.9. The summed E-state index contributed by atoms with van der Waals surface area (Å²) in [5.74, 6) is 0.958. The van der Waals surface area contributed by atoms with Crippen LogP contribution in [-0.2, 0) is 0 Å². The monoisotopic (exact) mass is 264 g/mol. The first-order valence-electron chi connectivity index (χ1n) is 7.17. The van der Waals surface area contributed by atoms with Gasteiger partial charge in [0.15, 0.2) is 0 Å². The summed E-state index contributed by atoms with van der Waals surface area (Å²) < 4.78 is 5.59. The van der Waals surface area contributed by atoms with E-state index in [0.29, 0.717) is 12.1 Å². The van der Waals surface area contributed by atoms with Gasteiger partial charge in [0.1, 0.15) is 5.75 Å². The summed E-state index contributed by atoms with van der Waals surface area (Å²) >= 11 is 0. The van der Waals surface area contributed by atoms with Gasteiger partial charge in [-0.25, -0.2) is 0 Å². The van der Waals surface area contributed by atoms with Gasteiger partial charge in [-0.15, -0.1) is 0 Å². The molecule has 108 valence electrons. The molecule has 0 aliphatic carbocycles. The van der Waals surface area contributed by atoms with Crippen LogP contribution in [-0.4, -0.2) is 38.2 Å². The van der Waals surface area contributed by atoms with E-state index in [-0.39, 0.29) is 0 Å². The maximum absolute atomic E-state index is 5.59.